The number of nitrogens with one attached hydrogen (secondary N) is 1. The van der Waals surface area contributed by atoms with E-state index in [1.54, 1.807) is 33.2 Å². The Morgan fingerprint density at radius 3 is 2.76 bits per heavy atom. The third-order valence-corrected chi connectivity index (χ3v) is 3.25. The summed E-state index contributed by atoms with van der Waals surface area (Å²) in [4.78, 5) is 16.6. The molecule has 0 atom stereocenters. The molecule has 1 N–H and O–H groups in total. The molecule has 1 heterocycles. The normalized spacial score (nSPS) is 11.4. The lowest BCUT2D eigenvalue weighted by Crippen LogP contribution is -2.39. The summed E-state index contributed by atoms with van der Waals surface area (Å²) in [6.07, 6.45) is 1.70. The van der Waals surface area contributed by atoms with Crippen molar-refractivity contribution in [1.82, 2.24) is 4.98 Å². The Hall–Kier alpha value is -2.14. The zero-order valence-corrected chi connectivity index (χ0v) is 12.8. The lowest BCUT2D eigenvalue weighted by atomic mass is 10.1. The molecule has 0 saturated heterocycles. The topological polar surface area (TPSA) is 60.5 Å². The van der Waals surface area contributed by atoms with Gasteiger partial charge in [0.2, 0.25) is 0 Å². The molecule has 2 aromatic rings. The van der Waals surface area contributed by atoms with E-state index in [0.717, 1.165) is 5.39 Å². The highest BCUT2D eigenvalue weighted by Gasteiger charge is 2.28. The van der Waals surface area contributed by atoms with Crippen molar-refractivity contribution in [1.29, 1.82) is 0 Å². The van der Waals surface area contributed by atoms with Crippen LogP contribution in [-0.2, 0) is 9.53 Å². The zero-order valence-electron chi connectivity index (χ0n) is 12.8. The van der Waals surface area contributed by atoms with E-state index in [4.69, 9.17) is 9.47 Å². The Bertz CT molecular complexity index is 653. The summed E-state index contributed by atoms with van der Waals surface area (Å²) in [6.45, 7) is 5.83. The van der Waals surface area contributed by atoms with Crippen LogP contribution in [0, 0.1) is 0 Å². The number of amides is 1. The molecule has 0 spiro atoms. The van der Waals surface area contributed by atoms with Crippen LogP contribution < -0.4 is 10.1 Å². The lowest BCUT2D eigenvalue weighted by Gasteiger charge is -2.23. The van der Waals surface area contributed by atoms with Gasteiger partial charge < -0.3 is 14.8 Å². The van der Waals surface area contributed by atoms with Crippen molar-refractivity contribution >= 4 is 22.5 Å². The molecule has 0 saturated carbocycles. The summed E-state index contributed by atoms with van der Waals surface area (Å²) in [5.74, 6) is 0.479. The zero-order chi connectivity index (χ0) is 15.5. The number of ether oxygens (including phenoxy) is 2. The van der Waals surface area contributed by atoms with Crippen LogP contribution in [0.5, 0.6) is 5.75 Å². The van der Waals surface area contributed by atoms with Crippen LogP contribution >= 0.6 is 0 Å². The minimum Gasteiger partial charge on any atom is -0.494 e. The van der Waals surface area contributed by atoms with Gasteiger partial charge in [-0.1, -0.05) is 0 Å². The number of nitrogens with zero attached hydrogens (tertiary/aromatic N) is 1. The number of aromatic nitrogens is 1. The molecular weight excluding hydrogens is 268 g/mol. The van der Waals surface area contributed by atoms with Crippen LogP contribution in [0.3, 0.4) is 0 Å². The monoisotopic (exact) mass is 288 g/mol. The number of carbonyl (C=O) groups is 1. The largest absolute Gasteiger partial charge is 0.494 e. The highest BCUT2D eigenvalue weighted by molar-refractivity contribution is 6.05. The van der Waals surface area contributed by atoms with Crippen molar-refractivity contribution in [3.05, 3.63) is 30.5 Å². The summed E-state index contributed by atoms with van der Waals surface area (Å²) in [5.41, 5.74) is 0.520. The number of pyridine rings is 1. The maximum absolute atomic E-state index is 12.3. The van der Waals surface area contributed by atoms with Gasteiger partial charge in [0, 0.05) is 18.2 Å². The number of hydrogen-bond donors (Lipinski definition) is 1. The number of fused-ring (bicyclic) bond motifs is 1. The molecule has 0 fully saturated rings. The van der Waals surface area contributed by atoms with E-state index in [1.807, 2.05) is 25.1 Å². The lowest BCUT2D eigenvalue weighted by molar-refractivity contribution is -0.136. The maximum Gasteiger partial charge on any atom is 0.256 e. The number of hydrogen-bond acceptors (Lipinski definition) is 4. The summed E-state index contributed by atoms with van der Waals surface area (Å²) in [5, 5.41) is 3.73. The van der Waals surface area contributed by atoms with E-state index in [1.165, 1.54) is 0 Å². The number of carbonyl (C=O) groups excluding carboxylic acids is 1. The Morgan fingerprint density at radius 1 is 1.33 bits per heavy atom. The van der Waals surface area contributed by atoms with Crippen LogP contribution in [-0.4, -0.2) is 30.2 Å². The minimum atomic E-state index is -0.886. The van der Waals surface area contributed by atoms with E-state index in [9.17, 15) is 4.79 Å². The molecule has 5 heteroatoms. The Morgan fingerprint density at radius 2 is 2.10 bits per heavy atom. The van der Waals surface area contributed by atoms with E-state index in [0.29, 0.717) is 23.6 Å². The first-order valence-corrected chi connectivity index (χ1v) is 6.86. The van der Waals surface area contributed by atoms with Crippen molar-refractivity contribution in [2.75, 3.05) is 19.0 Å². The fourth-order valence-corrected chi connectivity index (χ4v) is 2.12. The average Bonchev–Trinajstić information content (AvgIpc) is 2.47. The number of methoxy groups -OCH3 is 1. The first kappa shape index (κ1) is 15.3. The predicted molar refractivity (Wildman–Crippen MR) is 82.6 cm³/mol. The number of rotatable bonds is 5. The van der Waals surface area contributed by atoms with Gasteiger partial charge in [-0.25, -0.2) is 0 Å². The van der Waals surface area contributed by atoms with Crippen LogP contribution in [0.1, 0.15) is 20.8 Å². The second-order valence-corrected chi connectivity index (χ2v) is 5.11. The second-order valence-electron chi connectivity index (χ2n) is 5.11. The molecule has 0 aliphatic rings. The van der Waals surface area contributed by atoms with Gasteiger partial charge in [0.25, 0.3) is 5.91 Å². The molecule has 0 aliphatic heterocycles. The molecule has 2 rings (SSSR count). The van der Waals surface area contributed by atoms with Crippen LogP contribution in [0.4, 0.5) is 5.69 Å². The Labute approximate surface area is 124 Å². The Kier molecular flexibility index (Phi) is 4.43. The molecule has 0 radical (unpaired) electrons. The standard InChI is InChI=1S/C16H20N2O3/c1-5-21-16(2,3)15(19)18-12-8-9-13(20-4)14-11(12)7-6-10-17-14/h6-10H,5H2,1-4H3,(H,18,19). The van der Waals surface area contributed by atoms with E-state index < -0.39 is 5.60 Å². The first-order valence-electron chi connectivity index (χ1n) is 6.86. The van der Waals surface area contributed by atoms with Gasteiger partial charge in [0.05, 0.1) is 12.8 Å². The van der Waals surface area contributed by atoms with Crippen molar-refractivity contribution in [2.45, 2.75) is 26.4 Å². The van der Waals surface area contributed by atoms with Crippen LogP contribution in [0.15, 0.2) is 30.5 Å². The molecule has 5 nitrogen and oxygen atoms in total. The number of benzene rings is 1. The maximum atomic E-state index is 12.3. The van der Waals surface area contributed by atoms with Crippen molar-refractivity contribution < 1.29 is 14.3 Å². The Balaban J connectivity index is 2.38. The molecule has 1 aromatic heterocycles. The molecule has 0 unspecified atom stereocenters. The van der Waals surface area contributed by atoms with Crippen molar-refractivity contribution in [3.8, 4) is 5.75 Å². The highest BCUT2D eigenvalue weighted by atomic mass is 16.5. The van der Waals surface area contributed by atoms with E-state index in [-0.39, 0.29) is 5.91 Å². The summed E-state index contributed by atoms with van der Waals surface area (Å²) in [7, 11) is 1.60. The molecule has 1 aromatic carbocycles. The first-order chi connectivity index (χ1) is 9.99. The van der Waals surface area contributed by atoms with Gasteiger partial charge in [0.15, 0.2) is 0 Å². The second kappa shape index (κ2) is 6.10. The molecule has 1 amide bonds. The van der Waals surface area contributed by atoms with Gasteiger partial charge in [-0.15, -0.1) is 0 Å². The van der Waals surface area contributed by atoms with Gasteiger partial charge >= 0.3 is 0 Å². The van der Waals surface area contributed by atoms with E-state index >= 15 is 0 Å². The third-order valence-electron chi connectivity index (χ3n) is 3.25. The SMILES string of the molecule is CCOC(C)(C)C(=O)Nc1ccc(OC)c2ncccc12. The molecular formula is C16H20N2O3. The van der Waals surface area contributed by atoms with Gasteiger partial charge in [-0.2, -0.15) is 0 Å². The fourth-order valence-electron chi connectivity index (χ4n) is 2.12. The molecule has 0 aliphatic carbocycles. The highest BCUT2D eigenvalue weighted by Crippen LogP contribution is 2.30. The van der Waals surface area contributed by atoms with Crippen LogP contribution in [0.25, 0.3) is 10.9 Å². The van der Waals surface area contributed by atoms with Crippen LogP contribution in [0.2, 0.25) is 0 Å². The van der Waals surface area contributed by atoms with Gasteiger partial charge in [-0.3, -0.25) is 9.78 Å². The average molecular weight is 288 g/mol. The minimum absolute atomic E-state index is 0.195. The smallest absolute Gasteiger partial charge is 0.256 e. The third kappa shape index (κ3) is 3.13. The molecule has 112 valence electrons. The van der Waals surface area contributed by atoms with Crippen molar-refractivity contribution in [2.24, 2.45) is 0 Å². The predicted octanol–water partition coefficient (Wildman–Crippen LogP) is 3.00. The molecule has 21 heavy (non-hydrogen) atoms. The van der Waals surface area contributed by atoms with Gasteiger partial charge in [0.1, 0.15) is 16.9 Å². The number of anilines is 1. The summed E-state index contributed by atoms with van der Waals surface area (Å²) < 4.78 is 10.8. The van der Waals surface area contributed by atoms with E-state index in [2.05, 4.69) is 10.3 Å². The van der Waals surface area contributed by atoms with Gasteiger partial charge in [-0.05, 0) is 45.0 Å². The quantitative estimate of drug-likeness (QED) is 0.918. The summed E-state index contributed by atoms with van der Waals surface area (Å²) in [6, 6.07) is 7.32. The summed E-state index contributed by atoms with van der Waals surface area (Å²) >= 11 is 0. The fraction of sp³-hybridized carbons (Fsp3) is 0.375. The molecule has 0 bridgehead atoms. The van der Waals surface area contributed by atoms with Crippen molar-refractivity contribution in [3.63, 3.8) is 0 Å².